The average Bonchev–Trinajstić information content (AvgIpc) is 3.19. The summed E-state index contributed by atoms with van der Waals surface area (Å²) < 4.78 is 5.84. The first-order chi connectivity index (χ1) is 12.8. The molecule has 1 amide bonds. The maximum absolute atomic E-state index is 12.4. The SMILES string of the molecule is CC(C(=O)O)N1C(=O)/C(=C/c2ccc(-c3ccc([N+](=O)[O-])cc3)o2)SC1=S. The molecule has 1 saturated heterocycles. The van der Waals surface area contributed by atoms with Gasteiger partial charge in [0.05, 0.1) is 9.83 Å². The minimum absolute atomic E-state index is 0.0262. The third-order valence-electron chi connectivity index (χ3n) is 3.83. The van der Waals surface area contributed by atoms with E-state index < -0.39 is 22.8 Å². The van der Waals surface area contributed by atoms with E-state index in [0.29, 0.717) is 17.1 Å². The summed E-state index contributed by atoms with van der Waals surface area (Å²) in [4.78, 5) is 35.1. The first-order valence-corrected chi connectivity index (χ1v) is 8.85. The first-order valence-electron chi connectivity index (χ1n) is 7.62. The maximum atomic E-state index is 12.4. The number of furan rings is 1. The van der Waals surface area contributed by atoms with Crippen molar-refractivity contribution in [3.63, 3.8) is 0 Å². The van der Waals surface area contributed by atoms with Gasteiger partial charge in [-0.2, -0.15) is 0 Å². The van der Waals surface area contributed by atoms with Crippen LogP contribution < -0.4 is 0 Å². The zero-order chi connectivity index (χ0) is 19.7. The zero-order valence-electron chi connectivity index (χ0n) is 13.8. The molecule has 1 aromatic heterocycles. The number of thioether (sulfide) groups is 1. The Morgan fingerprint density at radius 1 is 1.33 bits per heavy atom. The smallest absolute Gasteiger partial charge is 0.326 e. The fourth-order valence-corrected chi connectivity index (χ4v) is 3.78. The molecule has 8 nitrogen and oxygen atoms in total. The number of thiocarbonyl (C=S) groups is 1. The van der Waals surface area contributed by atoms with E-state index in [-0.39, 0.29) is 14.9 Å². The molecule has 1 fully saturated rings. The molecule has 2 heterocycles. The maximum Gasteiger partial charge on any atom is 0.326 e. The van der Waals surface area contributed by atoms with Crippen LogP contribution in [0.1, 0.15) is 12.7 Å². The largest absolute Gasteiger partial charge is 0.480 e. The number of nitro benzene ring substituents is 1. The van der Waals surface area contributed by atoms with E-state index in [0.717, 1.165) is 16.7 Å². The molecule has 0 bridgehead atoms. The molecule has 1 aliphatic heterocycles. The van der Waals surface area contributed by atoms with Crippen LogP contribution in [0.5, 0.6) is 0 Å². The monoisotopic (exact) mass is 404 g/mol. The van der Waals surface area contributed by atoms with E-state index in [1.165, 1.54) is 25.1 Å². The van der Waals surface area contributed by atoms with E-state index in [1.807, 2.05) is 0 Å². The van der Waals surface area contributed by atoms with Gasteiger partial charge in [0.2, 0.25) is 0 Å². The Morgan fingerprint density at radius 3 is 2.59 bits per heavy atom. The van der Waals surface area contributed by atoms with Crippen LogP contribution in [0.15, 0.2) is 45.7 Å². The Balaban J connectivity index is 1.83. The van der Waals surface area contributed by atoms with Crippen molar-refractivity contribution < 1.29 is 24.0 Å². The second-order valence-electron chi connectivity index (χ2n) is 5.57. The molecule has 1 atom stereocenters. The summed E-state index contributed by atoms with van der Waals surface area (Å²) in [6.07, 6.45) is 1.49. The van der Waals surface area contributed by atoms with Crippen molar-refractivity contribution >= 4 is 51.9 Å². The highest BCUT2D eigenvalue weighted by Gasteiger charge is 2.38. The van der Waals surface area contributed by atoms with Crippen LogP contribution >= 0.6 is 24.0 Å². The molecular formula is C17H12N2O6S2. The molecular weight excluding hydrogens is 392 g/mol. The quantitative estimate of drug-likeness (QED) is 0.348. The van der Waals surface area contributed by atoms with Gasteiger partial charge in [0.1, 0.15) is 21.9 Å². The van der Waals surface area contributed by atoms with Crippen molar-refractivity contribution in [2.24, 2.45) is 0 Å². The highest BCUT2D eigenvalue weighted by Crippen LogP contribution is 2.35. The molecule has 27 heavy (non-hydrogen) atoms. The molecule has 1 aliphatic rings. The fourth-order valence-electron chi connectivity index (χ4n) is 2.39. The van der Waals surface area contributed by atoms with Gasteiger partial charge in [-0.25, -0.2) is 4.79 Å². The fraction of sp³-hybridized carbons (Fsp3) is 0.118. The number of nitro groups is 1. The second kappa shape index (κ2) is 7.33. The van der Waals surface area contributed by atoms with Crippen LogP contribution in [0.25, 0.3) is 17.4 Å². The van der Waals surface area contributed by atoms with Crippen molar-refractivity contribution in [1.29, 1.82) is 0 Å². The summed E-state index contributed by atoms with van der Waals surface area (Å²) in [5.41, 5.74) is 0.619. The molecule has 10 heteroatoms. The number of carboxylic acid groups (broad SMARTS) is 1. The molecule has 1 unspecified atom stereocenters. The van der Waals surface area contributed by atoms with Crippen LogP contribution in [0, 0.1) is 10.1 Å². The number of hydrogen-bond donors (Lipinski definition) is 1. The normalized spacial score (nSPS) is 16.8. The van der Waals surface area contributed by atoms with Crippen LogP contribution in [0.2, 0.25) is 0 Å². The molecule has 3 rings (SSSR count). The summed E-state index contributed by atoms with van der Waals surface area (Å²) in [6, 6.07) is 8.13. The standard InChI is InChI=1S/C17H12N2O6S2/c1-9(16(21)22)18-15(20)14(27-17(18)26)8-12-6-7-13(25-12)10-2-4-11(5-3-10)19(23)24/h2-9H,1H3,(H,21,22)/b14-8-. The van der Waals surface area contributed by atoms with Gasteiger partial charge in [-0.1, -0.05) is 24.0 Å². The Bertz CT molecular complexity index is 980. The van der Waals surface area contributed by atoms with Crippen LogP contribution in [0.4, 0.5) is 5.69 Å². The Kier molecular flexibility index (Phi) is 5.10. The number of aliphatic carboxylic acids is 1. The zero-order valence-corrected chi connectivity index (χ0v) is 15.5. The number of benzene rings is 1. The average molecular weight is 404 g/mol. The third kappa shape index (κ3) is 3.76. The van der Waals surface area contributed by atoms with Crippen molar-refractivity contribution in [2.75, 3.05) is 0 Å². The van der Waals surface area contributed by atoms with E-state index >= 15 is 0 Å². The number of carbonyl (C=O) groups is 2. The first kappa shape index (κ1) is 18.8. The van der Waals surface area contributed by atoms with E-state index in [2.05, 4.69) is 0 Å². The molecule has 0 saturated carbocycles. The number of rotatable bonds is 5. The van der Waals surface area contributed by atoms with Gasteiger partial charge in [-0.3, -0.25) is 19.8 Å². The summed E-state index contributed by atoms with van der Waals surface area (Å²) in [7, 11) is 0. The number of hydrogen-bond acceptors (Lipinski definition) is 7. The summed E-state index contributed by atoms with van der Waals surface area (Å²) >= 11 is 6.10. The lowest BCUT2D eigenvalue weighted by Crippen LogP contribution is -2.41. The van der Waals surface area contributed by atoms with Crippen molar-refractivity contribution in [1.82, 2.24) is 4.90 Å². The topological polar surface area (TPSA) is 114 Å². The van der Waals surface area contributed by atoms with Crippen LogP contribution in [-0.4, -0.2) is 37.2 Å². The molecule has 0 aliphatic carbocycles. The van der Waals surface area contributed by atoms with Crippen molar-refractivity contribution in [3.05, 3.63) is 57.2 Å². The highest BCUT2D eigenvalue weighted by molar-refractivity contribution is 8.26. The summed E-state index contributed by atoms with van der Waals surface area (Å²) in [6.45, 7) is 1.38. The molecule has 0 spiro atoms. The molecule has 0 radical (unpaired) electrons. The van der Waals surface area contributed by atoms with Crippen molar-refractivity contribution in [2.45, 2.75) is 13.0 Å². The number of nitrogens with zero attached hydrogens (tertiary/aromatic N) is 2. The summed E-state index contributed by atoms with van der Waals surface area (Å²) in [5, 5.41) is 19.8. The van der Waals surface area contributed by atoms with Gasteiger partial charge < -0.3 is 9.52 Å². The Hall–Kier alpha value is -2.98. The Labute approximate surface area is 162 Å². The van der Waals surface area contributed by atoms with Gasteiger partial charge >= 0.3 is 5.97 Å². The van der Waals surface area contributed by atoms with Gasteiger partial charge in [0, 0.05) is 23.8 Å². The van der Waals surface area contributed by atoms with Gasteiger partial charge in [0.25, 0.3) is 11.6 Å². The molecule has 1 N–H and O–H groups in total. The van der Waals surface area contributed by atoms with Gasteiger partial charge in [-0.15, -0.1) is 0 Å². The lowest BCUT2D eigenvalue weighted by atomic mass is 10.1. The minimum atomic E-state index is -1.15. The molecule has 2 aromatic rings. The van der Waals surface area contributed by atoms with Crippen molar-refractivity contribution in [3.8, 4) is 11.3 Å². The minimum Gasteiger partial charge on any atom is -0.480 e. The summed E-state index contributed by atoms with van der Waals surface area (Å²) in [5.74, 6) is -0.781. The Morgan fingerprint density at radius 2 is 2.00 bits per heavy atom. The number of carbonyl (C=O) groups excluding carboxylic acids is 1. The number of amides is 1. The van der Waals surface area contributed by atoms with Gasteiger partial charge in [0.15, 0.2) is 0 Å². The molecule has 1 aromatic carbocycles. The lowest BCUT2D eigenvalue weighted by molar-refractivity contribution is -0.384. The molecule has 138 valence electrons. The second-order valence-corrected chi connectivity index (χ2v) is 7.25. The highest BCUT2D eigenvalue weighted by atomic mass is 32.2. The van der Waals surface area contributed by atoms with Crippen LogP contribution in [0.3, 0.4) is 0 Å². The van der Waals surface area contributed by atoms with E-state index in [1.54, 1.807) is 24.3 Å². The predicted octanol–water partition coefficient (Wildman–Crippen LogP) is 3.53. The van der Waals surface area contributed by atoms with Gasteiger partial charge in [-0.05, 0) is 31.2 Å². The number of non-ortho nitro benzene ring substituents is 1. The third-order valence-corrected chi connectivity index (χ3v) is 5.16. The van der Waals surface area contributed by atoms with Crippen LogP contribution in [-0.2, 0) is 9.59 Å². The lowest BCUT2D eigenvalue weighted by Gasteiger charge is -2.18. The number of carboxylic acids is 1. The van der Waals surface area contributed by atoms with E-state index in [4.69, 9.17) is 21.7 Å². The predicted molar refractivity (Wildman–Crippen MR) is 103 cm³/mol. The van der Waals surface area contributed by atoms with E-state index in [9.17, 15) is 19.7 Å².